The van der Waals surface area contributed by atoms with Crippen molar-refractivity contribution in [2.75, 3.05) is 19.6 Å². The summed E-state index contributed by atoms with van der Waals surface area (Å²) in [6.07, 6.45) is 0.951. The molecule has 0 fully saturated rings. The van der Waals surface area contributed by atoms with E-state index in [1.54, 1.807) is 30.3 Å². The second-order valence-electron chi connectivity index (χ2n) is 10.6. The van der Waals surface area contributed by atoms with E-state index in [2.05, 4.69) is 10.4 Å². The molecule has 3 aromatic rings. The number of carbonyl (C=O) groups excluding carboxylic acids is 5. The molecule has 0 aliphatic rings. The number of nitrogens with two attached hydrogens (primary N) is 1. The summed E-state index contributed by atoms with van der Waals surface area (Å²) in [4.78, 5) is 67.0. The maximum Gasteiger partial charge on any atom is 0.280 e. The van der Waals surface area contributed by atoms with Crippen LogP contribution in [0.4, 0.5) is 0 Å². The van der Waals surface area contributed by atoms with Crippen molar-refractivity contribution in [3.05, 3.63) is 89.2 Å². The van der Waals surface area contributed by atoms with Gasteiger partial charge in [0.2, 0.25) is 17.5 Å². The second kappa shape index (κ2) is 16.6. The van der Waals surface area contributed by atoms with Crippen LogP contribution in [0.5, 0.6) is 5.75 Å². The average molecular weight is 667 g/mol. The predicted molar refractivity (Wildman–Crippen MR) is 172 cm³/mol. The maximum absolute atomic E-state index is 13.1. The number of rotatable bonds is 16. The fraction of sp³-hybridized carbons (Fsp3) is 0.312. The van der Waals surface area contributed by atoms with Gasteiger partial charge in [0.05, 0.1) is 23.0 Å². The summed E-state index contributed by atoms with van der Waals surface area (Å²) in [7, 11) is -4.46. The molecule has 0 saturated carbocycles. The van der Waals surface area contributed by atoms with Crippen LogP contribution in [-0.2, 0) is 26.2 Å². The molecular weight excluding hydrogens is 628 g/mol. The number of hydrazine groups is 1. The first-order chi connectivity index (χ1) is 22.3. The molecule has 0 aliphatic carbocycles. The largest absolute Gasteiger partial charge is 0.486 e. The normalized spacial score (nSPS) is 12.0. The number of hydrogen-bond donors (Lipinski definition) is 4. The lowest BCUT2D eigenvalue weighted by atomic mass is 9.95. The minimum Gasteiger partial charge on any atom is -0.486 e. The van der Waals surface area contributed by atoms with E-state index in [1.807, 2.05) is 42.7 Å². The third kappa shape index (κ3) is 9.83. The van der Waals surface area contributed by atoms with E-state index in [-0.39, 0.29) is 40.0 Å². The highest BCUT2D eigenvalue weighted by atomic mass is 32.2. The summed E-state index contributed by atoms with van der Waals surface area (Å²) in [5.74, 6) is -4.64. The van der Waals surface area contributed by atoms with Gasteiger partial charge in [-0.3, -0.25) is 29.3 Å². The SMILES string of the molecule is CCN(CC)N[C@H](C(=O)C(=O)c1ccc(S(=O)(=O)NC(=O)c2cnc(C(=O)NC(=O)CN)c(OCc3ccccc3)c2)cc1)C(C)C. The van der Waals surface area contributed by atoms with Crippen LogP contribution in [0.1, 0.15) is 64.5 Å². The summed E-state index contributed by atoms with van der Waals surface area (Å²) in [6.45, 7) is 8.19. The Labute approximate surface area is 273 Å². The zero-order chi connectivity index (χ0) is 34.7. The van der Waals surface area contributed by atoms with Crippen molar-refractivity contribution in [1.29, 1.82) is 0 Å². The first-order valence-electron chi connectivity index (χ1n) is 14.8. The minimum absolute atomic E-state index is 0.0151. The van der Waals surface area contributed by atoms with E-state index in [0.717, 1.165) is 30.0 Å². The standard InChI is InChI=1S/C32H38N6O8S/c1-5-38(6-2)36-27(20(3)4)30(41)29(40)22-12-14-24(15-13-22)47(44,45)37-31(42)23-16-25(46-19-21-10-8-7-9-11-21)28(34-18-23)32(43)35-26(39)17-33/h7-16,18,20,27,36H,5-6,17,19,33H2,1-4H3,(H,37,42)(H,35,39,43)/t27-/m0/s1. The fourth-order valence-corrected chi connectivity index (χ4v) is 5.22. The maximum atomic E-state index is 13.1. The summed E-state index contributed by atoms with van der Waals surface area (Å²) < 4.78 is 33.8. The van der Waals surface area contributed by atoms with Gasteiger partial charge in [-0.05, 0) is 41.8 Å². The third-order valence-corrected chi connectivity index (χ3v) is 8.26. The molecule has 15 heteroatoms. The highest BCUT2D eigenvalue weighted by molar-refractivity contribution is 7.90. The van der Waals surface area contributed by atoms with Crippen molar-refractivity contribution in [2.24, 2.45) is 11.7 Å². The van der Waals surface area contributed by atoms with Gasteiger partial charge in [-0.1, -0.05) is 58.0 Å². The van der Waals surface area contributed by atoms with Gasteiger partial charge >= 0.3 is 0 Å². The molecule has 0 bridgehead atoms. The molecule has 250 valence electrons. The zero-order valence-corrected chi connectivity index (χ0v) is 27.3. The molecule has 1 heterocycles. The molecule has 0 saturated heterocycles. The zero-order valence-electron chi connectivity index (χ0n) is 26.5. The van der Waals surface area contributed by atoms with Crippen LogP contribution < -0.4 is 25.9 Å². The summed E-state index contributed by atoms with van der Waals surface area (Å²) >= 11 is 0. The Morgan fingerprint density at radius 2 is 1.55 bits per heavy atom. The number of ketones is 2. The number of carbonyl (C=O) groups is 5. The second-order valence-corrected chi connectivity index (χ2v) is 12.3. The van der Waals surface area contributed by atoms with E-state index >= 15 is 0 Å². The van der Waals surface area contributed by atoms with E-state index in [0.29, 0.717) is 13.1 Å². The quantitative estimate of drug-likeness (QED) is 0.0977. The van der Waals surface area contributed by atoms with Crippen molar-refractivity contribution in [3.8, 4) is 5.75 Å². The van der Waals surface area contributed by atoms with Gasteiger partial charge in [-0.2, -0.15) is 0 Å². The molecule has 47 heavy (non-hydrogen) atoms. The molecule has 2 aromatic carbocycles. The molecular formula is C32H38N6O8S. The van der Waals surface area contributed by atoms with Crippen LogP contribution in [0.2, 0.25) is 0 Å². The fourth-order valence-electron chi connectivity index (χ4n) is 4.24. The van der Waals surface area contributed by atoms with E-state index in [1.165, 1.54) is 12.1 Å². The smallest absolute Gasteiger partial charge is 0.280 e. The highest BCUT2D eigenvalue weighted by Crippen LogP contribution is 2.21. The van der Waals surface area contributed by atoms with Gasteiger partial charge in [0, 0.05) is 24.8 Å². The Kier molecular flexibility index (Phi) is 13.0. The highest BCUT2D eigenvalue weighted by Gasteiger charge is 2.30. The summed E-state index contributed by atoms with van der Waals surface area (Å²) in [5.41, 5.74) is 8.45. The monoisotopic (exact) mass is 666 g/mol. The number of hydrogen-bond acceptors (Lipinski definition) is 12. The number of benzene rings is 2. The van der Waals surface area contributed by atoms with Crippen LogP contribution in [0.15, 0.2) is 71.8 Å². The number of ether oxygens (including phenoxy) is 1. The van der Waals surface area contributed by atoms with Crippen LogP contribution in [0.25, 0.3) is 0 Å². The average Bonchev–Trinajstić information content (AvgIpc) is 3.07. The number of Topliss-reactive ketones (excluding diaryl/α,β-unsaturated/α-hetero) is 2. The first-order valence-corrected chi connectivity index (χ1v) is 16.3. The topological polar surface area (TPSA) is 207 Å². The molecule has 5 N–H and O–H groups in total. The third-order valence-electron chi connectivity index (χ3n) is 6.92. The van der Waals surface area contributed by atoms with E-state index in [9.17, 15) is 32.4 Å². The van der Waals surface area contributed by atoms with Crippen molar-refractivity contribution >= 4 is 39.3 Å². The molecule has 1 atom stereocenters. The molecule has 14 nitrogen and oxygen atoms in total. The number of nitrogens with zero attached hydrogens (tertiary/aromatic N) is 2. The lowest BCUT2D eigenvalue weighted by Gasteiger charge is -2.28. The first kappa shape index (κ1) is 36.6. The van der Waals surface area contributed by atoms with Gasteiger partial charge in [0.15, 0.2) is 11.4 Å². The van der Waals surface area contributed by atoms with Crippen LogP contribution in [0, 0.1) is 5.92 Å². The Hall–Kier alpha value is -4.83. The van der Waals surface area contributed by atoms with E-state index in [4.69, 9.17) is 10.5 Å². The Balaban J connectivity index is 1.80. The molecule has 0 aliphatic heterocycles. The van der Waals surface area contributed by atoms with Crippen molar-refractivity contribution in [2.45, 2.75) is 45.2 Å². The Bertz CT molecular complexity index is 1710. The van der Waals surface area contributed by atoms with Crippen LogP contribution in [0.3, 0.4) is 0 Å². The number of nitrogens with one attached hydrogen (secondary N) is 3. The number of sulfonamides is 1. The number of imide groups is 1. The van der Waals surface area contributed by atoms with Gasteiger partial charge in [-0.15, -0.1) is 0 Å². The number of amides is 3. The van der Waals surface area contributed by atoms with Crippen molar-refractivity contribution in [3.63, 3.8) is 0 Å². The van der Waals surface area contributed by atoms with Crippen molar-refractivity contribution < 1.29 is 37.1 Å². The van der Waals surface area contributed by atoms with E-state index < -0.39 is 51.9 Å². The summed E-state index contributed by atoms with van der Waals surface area (Å²) in [6, 6.07) is 13.8. The summed E-state index contributed by atoms with van der Waals surface area (Å²) in [5, 5.41) is 3.86. The lowest BCUT2D eigenvalue weighted by Crippen LogP contribution is -2.52. The van der Waals surface area contributed by atoms with Crippen molar-refractivity contribution in [1.82, 2.24) is 25.5 Å². The van der Waals surface area contributed by atoms with Crippen LogP contribution >= 0.6 is 0 Å². The lowest BCUT2D eigenvalue weighted by molar-refractivity contribution is -0.120. The van der Waals surface area contributed by atoms with Gasteiger partial charge in [-0.25, -0.2) is 28.6 Å². The molecule has 3 rings (SSSR count). The number of pyridine rings is 1. The predicted octanol–water partition coefficient (Wildman–Crippen LogP) is 1.62. The van der Waals surface area contributed by atoms with Gasteiger partial charge in [0.25, 0.3) is 21.8 Å². The number of aromatic nitrogens is 1. The van der Waals surface area contributed by atoms with Gasteiger partial charge < -0.3 is 10.5 Å². The minimum atomic E-state index is -4.46. The van der Waals surface area contributed by atoms with Gasteiger partial charge in [0.1, 0.15) is 6.61 Å². The molecule has 0 radical (unpaired) electrons. The molecule has 0 spiro atoms. The Morgan fingerprint density at radius 3 is 2.13 bits per heavy atom. The molecule has 0 unspecified atom stereocenters. The Morgan fingerprint density at radius 1 is 0.915 bits per heavy atom. The van der Waals surface area contributed by atoms with Crippen LogP contribution in [-0.4, -0.2) is 73.4 Å². The molecule has 1 aromatic heterocycles. The molecule has 3 amide bonds.